The van der Waals surface area contributed by atoms with Gasteiger partial charge in [-0.2, -0.15) is 0 Å². The van der Waals surface area contributed by atoms with Gasteiger partial charge in [-0.3, -0.25) is 0 Å². The second-order valence-electron chi connectivity index (χ2n) is 8.07. The van der Waals surface area contributed by atoms with E-state index in [2.05, 4.69) is 25.7 Å². The number of aliphatic hydroxyl groups is 1. The van der Waals surface area contributed by atoms with Crippen LogP contribution in [0.4, 0.5) is 0 Å². The van der Waals surface area contributed by atoms with Gasteiger partial charge in [-0.1, -0.05) is 40.0 Å². The third kappa shape index (κ3) is 5.82. The Balaban J connectivity index is 1.74. The van der Waals surface area contributed by atoms with Gasteiger partial charge in [-0.15, -0.1) is 0 Å². The predicted molar refractivity (Wildman–Crippen MR) is 92.0 cm³/mol. The molecule has 1 N–H and O–H groups in total. The first-order valence-corrected chi connectivity index (χ1v) is 9.58. The smallest absolute Gasteiger partial charge is 0.0900 e. The molecule has 0 radical (unpaired) electrons. The van der Waals surface area contributed by atoms with Crippen LogP contribution in [0.2, 0.25) is 0 Å². The Bertz CT molecular complexity index is 300. The van der Waals surface area contributed by atoms with Crippen LogP contribution in [0, 0.1) is 17.8 Å². The van der Waals surface area contributed by atoms with Gasteiger partial charge in [0, 0.05) is 6.54 Å². The Morgan fingerprint density at radius 2 is 1.77 bits per heavy atom. The van der Waals surface area contributed by atoms with Gasteiger partial charge in [0.2, 0.25) is 0 Å². The highest BCUT2D eigenvalue weighted by Gasteiger charge is 2.31. The third-order valence-electron chi connectivity index (χ3n) is 5.63. The highest BCUT2D eigenvalue weighted by Crippen LogP contribution is 2.35. The predicted octanol–water partition coefficient (Wildman–Crippen LogP) is 3.70. The Morgan fingerprint density at radius 1 is 1.09 bits per heavy atom. The van der Waals surface area contributed by atoms with E-state index in [0.29, 0.717) is 24.5 Å². The topological polar surface area (TPSA) is 32.7 Å². The van der Waals surface area contributed by atoms with Crippen molar-refractivity contribution in [3.8, 4) is 0 Å². The van der Waals surface area contributed by atoms with Gasteiger partial charge in [-0.25, -0.2) is 0 Å². The molecule has 2 aliphatic rings. The lowest BCUT2D eigenvalue weighted by Crippen LogP contribution is -2.39. The van der Waals surface area contributed by atoms with Crippen molar-refractivity contribution in [2.24, 2.45) is 17.8 Å². The Labute approximate surface area is 137 Å². The monoisotopic (exact) mass is 311 g/mol. The van der Waals surface area contributed by atoms with E-state index < -0.39 is 0 Å². The van der Waals surface area contributed by atoms with Crippen molar-refractivity contribution >= 4 is 0 Å². The summed E-state index contributed by atoms with van der Waals surface area (Å²) in [7, 11) is 0. The van der Waals surface area contributed by atoms with E-state index >= 15 is 0 Å². The van der Waals surface area contributed by atoms with Crippen molar-refractivity contribution < 1.29 is 9.84 Å². The maximum atomic E-state index is 10.3. The summed E-state index contributed by atoms with van der Waals surface area (Å²) >= 11 is 0. The molecule has 0 aromatic carbocycles. The van der Waals surface area contributed by atoms with Crippen molar-refractivity contribution in [2.75, 3.05) is 26.2 Å². The standard InChI is InChI=1S/C19H37NO2/c1-15(2)18-9-8-16(3)12-19(18)22-14-17(21)13-20-10-6-4-5-7-11-20/h15-19,21H,4-14H2,1-3H3. The maximum absolute atomic E-state index is 10.3. The molecule has 1 saturated heterocycles. The summed E-state index contributed by atoms with van der Waals surface area (Å²) < 4.78 is 6.19. The Hall–Kier alpha value is -0.120. The van der Waals surface area contributed by atoms with Crippen molar-refractivity contribution in [2.45, 2.75) is 77.9 Å². The van der Waals surface area contributed by atoms with E-state index in [0.717, 1.165) is 25.6 Å². The van der Waals surface area contributed by atoms with Crippen LogP contribution in [-0.2, 0) is 4.74 Å². The van der Waals surface area contributed by atoms with E-state index in [9.17, 15) is 5.11 Å². The fraction of sp³-hybridized carbons (Fsp3) is 1.00. The first-order valence-electron chi connectivity index (χ1n) is 9.58. The fourth-order valence-corrected chi connectivity index (χ4v) is 4.21. The molecule has 1 aliphatic heterocycles. The molecule has 0 bridgehead atoms. The van der Waals surface area contributed by atoms with Gasteiger partial charge >= 0.3 is 0 Å². The molecule has 0 aromatic heterocycles. The van der Waals surface area contributed by atoms with E-state index in [4.69, 9.17) is 4.74 Å². The molecule has 1 aliphatic carbocycles. The highest BCUT2D eigenvalue weighted by atomic mass is 16.5. The van der Waals surface area contributed by atoms with Crippen molar-refractivity contribution in [1.82, 2.24) is 4.90 Å². The lowest BCUT2D eigenvalue weighted by Gasteiger charge is -2.37. The van der Waals surface area contributed by atoms with Crippen LogP contribution in [0.1, 0.15) is 65.7 Å². The summed E-state index contributed by atoms with van der Waals surface area (Å²) in [6, 6.07) is 0. The number of ether oxygens (including phenoxy) is 1. The zero-order valence-corrected chi connectivity index (χ0v) is 15.0. The molecule has 130 valence electrons. The van der Waals surface area contributed by atoms with Gasteiger partial charge in [0.05, 0.1) is 18.8 Å². The quantitative estimate of drug-likeness (QED) is 0.812. The van der Waals surface area contributed by atoms with Crippen molar-refractivity contribution in [3.63, 3.8) is 0 Å². The number of hydrogen-bond donors (Lipinski definition) is 1. The van der Waals surface area contributed by atoms with Gasteiger partial charge < -0.3 is 14.7 Å². The molecule has 0 amide bonds. The van der Waals surface area contributed by atoms with Crippen LogP contribution in [-0.4, -0.2) is 48.5 Å². The minimum atomic E-state index is -0.330. The molecule has 4 atom stereocenters. The number of β-amino-alcohol motifs (C(OH)–C–C–N with tert-alkyl or cyclic N) is 1. The van der Waals surface area contributed by atoms with Crippen LogP contribution in [0.5, 0.6) is 0 Å². The summed E-state index contributed by atoms with van der Waals surface area (Å²) in [6.45, 7) is 10.5. The summed E-state index contributed by atoms with van der Waals surface area (Å²) in [5.74, 6) is 2.12. The molecule has 2 rings (SSSR count). The third-order valence-corrected chi connectivity index (χ3v) is 5.63. The number of hydrogen-bond acceptors (Lipinski definition) is 3. The fourth-order valence-electron chi connectivity index (χ4n) is 4.21. The normalized spacial score (nSPS) is 32.9. The highest BCUT2D eigenvalue weighted by molar-refractivity contribution is 4.82. The van der Waals surface area contributed by atoms with Crippen LogP contribution in [0.15, 0.2) is 0 Å². The molecule has 1 heterocycles. The summed E-state index contributed by atoms with van der Waals surface area (Å²) in [5.41, 5.74) is 0. The summed E-state index contributed by atoms with van der Waals surface area (Å²) in [6.07, 6.45) is 9.06. The van der Waals surface area contributed by atoms with Gasteiger partial charge in [0.1, 0.15) is 0 Å². The average molecular weight is 312 g/mol. The van der Waals surface area contributed by atoms with Crippen molar-refractivity contribution in [3.05, 3.63) is 0 Å². The van der Waals surface area contributed by atoms with E-state index in [1.165, 1.54) is 44.9 Å². The minimum absolute atomic E-state index is 0.330. The van der Waals surface area contributed by atoms with Gasteiger partial charge in [0.15, 0.2) is 0 Å². The number of likely N-dealkylation sites (tertiary alicyclic amines) is 1. The lowest BCUT2D eigenvalue weighted by molar-refractivity contribution is -0.0737. The largest absolute Gasteiger partial charge is 0.389 e. The van der Waals surface area contributed by atoms with Crippen LogP contribution in [0.25, 0.3) is 0 Å². The van der Waals surface area contributed by atoms with E-state index in [1.54, 1.807) is 0 Å². The molecular weight excluding hydrogens is 274 g/mol. The first kappa shape index (κ1) is 18.2. The molecule has 1 saturated carbocycles. The SMILES string of the molecule is CC1CCC(C(C)C)C(OCC(O)CN2CCCCCC2)C1. The average Bonchev–Trinajstić information content (AvgIpc) is 2.73. The summed E-state index contributed by atoms with van der Waals surface area (Å²) in [4.78, 5) is 2.42. The zero-order chi connectivity index (χ0) is 15.9. The Morgan fingerprint density at radius 3 is 2.41 bits per heavy atom. The molecule has 4 unspecified atom stereocenters. The van der Waals surface area contributed by atoms with Crippen molar-refractivity contribution in [1.29, 1.82) is 0 Å². The van der Waals surface area contributed by atoms with Gasteiger partial charge in [-0.05, 0) is 56.5 Å². The minimum Gasteiger partial charge on any atom is -0.389 e. The molecule has 0 aromatic rings. The van der Waals surface area contributed by atoms with Crippen LogP contribution >= 0.6 is 0 Å². The molecule has 0 spiro atoms. The Kier molecular flexibility index (Phi) is 7.66. The molecule has 3 heteroatoms. The first-order chi connectivity index (χ1) is 10.6. The number of rotatable bonds is 6. The summed E-state index contributed by atoms with van der Waals surface area (Å²) in [5, 5.41) is 10.3. The molecule has 2 fully saturated rings. The zero-order valence-electron chi connectivity index (χ0n) is 15.0. The number of nitrogens with zero attached hydrogens (tertiary/aromatic N) is 1. The molecule has 3 nitrogen and oxygen atoms in total. The van der Waals surface area contributed by atoms with Crippen LogP contribution in [0.3, 0.4) is 0 Å². The molecule has 22 heavy (non-hydrogen) atoms. The van der Waals surface area contributed by atoms with E-state index in [-0.39, 0.29) is 6.10 Å². The van der Waals surface area contributed by atoms with Gasteiger partial charge in [0.25, 0.3) is 0 Å². The maximum Gasteiger partial charge on any atom is 0.0900 e. The second kappa shape index (κ2) is 9.24. The van der Waals surface area contributed by atoms with Crippen LogP contribution < -0.4 is 0 Å². The van der Waals surface area contributed by atoms with E-state index in [1.807, 2.05) is 0 Å². The molecular formula is C19H37NO2. The number of aliphatic hydroxyl groups excluding tert-OH is 1. The lowest BCUT2D eigenvalue weighted by atomic mass is 9.75. The second-order valence-corrected chi connectivity index (χ2v) is 8.07.